The lowest BCUT2D eigenvalue weighted by Gasteiger charge is -2.19. The molecule has 0 spiro atoms. The third-order valence-electron chi connectivity index (χ3n) is 5.71. The molecule has 0 amide bonds. The van der Waals surface area contributed by atoms with E-state index in [0.29, 0.717) is 17.4 Å². The maximum atomic E-state index is 12.7. The highest BCUT2D eigenvalue weighted by Crippen LogP contribution is 2.28. The maximum Gasteiger partial charge on any atom is 0.263 e. The van der Waals surface area contributed by atoms with E-state index in [1.54, 1.807) is 35.1 Å². The third kappa shape index (κ3) is 5.73. The van der Waals surface area contributed by atoms with Crippen molar-refractivity contribution in [3.05, 3.63) is 59.6 Å². The summed E-state index contributed by atoms with van der Waals surface area (Å²) in [6, 6.07) is 8.62. The van der Waals surface area contributed by atoms with Gasteiger partial charge in [0.05, 0.1) is 10.6 Å². The molecular weight excluding hydrogens is 482 g/mol. The molecule has 184 valence electrons. The summed E-state index contributed by atoms with van der Waals surface area (Å²) in [5.74, 6) is 1.85. The minimum Gasteiger partial charge on any atom is -0.264 e. The Labute approximate surface area is 209 Å². The summed E-state index contributed by atoms with van der Waals surface area (Å²) in [5, 5.41) is 12.4. The molecule has 1 unspecified atom stereocenters. The number of anilines is 1. The summed E-state index contributed by atoms with van der Waals surface area (Å²) in [4.78, 5) is 9.43. The van der Waals surface area contributed by atoms with Gasteiger partial charge in [0, 0.05) is 24.4 Å². The molecule has 0 radical (unpaired) electrons. The van der Waals surface area contributed by atoms with E-state index in [9.17, 15) is 8.42 Å². The average Bonchev–Trinajstić information content (AvgIpc) is 3.48. The molecule has 1 N–H and O–H groups in total. The summed E-state index contributed by atoms with van der Waals surface area (Å²) in [6.07, 6.45) is 5.43. The highest BCUT2D eigenvalue weighted by Gasteiger charge is 2.21. The Kier molecular flexibility index (Phi) is 7.00. The zero-order valence-corrected chi connectivity index (χ0v) is 22.1. The fraction of sp³-hybridized carbons (Fsp3) is 0.375. The first-order valence-electron chi connectivity index (χ1n) is 11.4. The van der Waals surface area contributed by atoms with Gasteiger partial charge in [0.15, 0.2) is 11.6 Å². The molecule has 0 saturated heterocycles. The number of rotatable bonds is 8. The number of hydrogen-bond acceptors (Lipinski definition) is 8. The minimum absolute atomic E-state index is 0.0661. The van der Waals surface area contributed by atoms with Crippen LogP contribution in [-0.2, 0) is 21.9 Å². The Balaban J connectivity index is 1.73. The number of pyridine rings is 1. The van der Waals surface area contributed by atoms with Crippen molar-refractivity contribution >= 4 is 26.5 Å². The molecule has 9 nitrogen and oxygen atoms in total. The number of nitrogens with zero attached hydrogens (tertiary/aromatic N) is 6. The van der Waals surface area contributed by atoms with Crippen molar-refractivity contribution in [1.82, 2.24) is 29.9 Å². The van der Waals surface area contributed by atoms with Gasteiger partial charge in [-0.1, -0.05) is 52.4 Å². The molecule has 35 heavy (non-hydrogen) atoms. The summed E-state index contributed by atoms with van der Waals surface area (Å²) >= 11 is 1.12. The minimum atomic E-state index is -3.78. The molecule has 3 heterocycles. The first-order chi connectivity index (χ1) is 16.6. The smallest absolute Gasteiger partial charge is 0.263 e. The summed E-state index contributed by atoms with van der Waals surface area (Å²) in [7, 11) is -3.78. The van der Waals surface area contributed by atoms with Crippen LogP contribution in [0.3, 0.4) is 0 Å². The number of hydrogen-bond donors (Lipinski definition) is 1. The number of nitrogens with one attached hydrogen (secondary N) is 1. The van der Waals surface area contributed by atoms with Crippen molar-refractivity contribution < 1.29 is 8.42 Å². The fourth-order valence-electron chi connectivity index (χ4n) is 3.39. The normalized spacial score (nSPS) is 13.1. The lowest BCUT2D eigenvalue weighted by atomic mass is 9.87. The van der Waals surface area contributed by atoms with E-state index in [2.05, 4.69) is 60.6 Å². The van der Waals surface area contributed by atoms with E-state index >= 15 is 0 Å². The van der Waals surface area contributed by atoms with Crippen LogP contribution in [0.4, 0.5) is 5.13 Å². The highest BCUT2D eigenvalue weighted by atomic mass is 32.2. The summed E-state index contributed by atoms with van der Waals surface area (Å²) < 4.78 is 29.6. The Morgan fingerprint density at radius 1 is 1.14 bits per heavy atom. The van der Waals surface area contributed by atoms with Gasteiger partial charge in [-0.05, 0) is 47.2 Å². The van der Waals surface area contributed by atoms with Crippen LogP contribution in [0.1, 0.15) is 52.4 Å². The second-order valence-electron chi connectivity index (χ2n) is 9.54. The van der Waals surface area contributed by atoms with Crippen LogP contribution >= 0.6 is 11.3 Å². The van der Waals surface area contributed by atoms with Crippen LogP contribution in [0.25, 0.3) is 17.1 Å². The first-order valence-corrected chi connectivity index (χ1v) is 13.7. The zero-order chi connectivity index (χ0) is 25.2. The molecule has 0 aliphatic rings. The van der Waals surface area contributed by atoms with Crippen LogP contribution in [0.5, 0.6) is 0 Å². The highest BCUT2D eigenvalue weighted by molar-refractivity contribution is 7.93. The van der Waals surface area contributed by atoms with Crippen LogP contribution in [0.2, 0.25) is 0 Å². The van der Waals surface area contributed by atoms with Crippen molar-refractivity contribution in [3.8, 4) is 17.1 Å². The monoisotopic (exact) mass is 511 g/mol. The van der Waals surface area contributed by atoms with E-state index < -0.39 is 10.0 Å². The van der Waals surface area contributed by atoms with Crippen molar-refractivity contribution in [1.29, 1.82) is 0 Å². The van der Waals surface area contributed by atoms with E-state index in [0.717, 1.165) is 41.1 Å². The Morgan fingerprint density at radius 3 is 2.51 bits per heavy atom. The van der Waals surface area contributed by atoms with Gasteiger partial charge in [0.1, 0.15) is 5.51 Å². The number of sulfonamides is 1. The van der Waals surface area contributed by atoms with Crippen molar-refractivity contribution in [2.45, 2.75) is 57.8 Å². The predicted octanol–water partition coefficient (Wildman–Crippen LogP) is 4.87. The van der Waals surface area contributed by atoms with E-state index in [-0.39, 0.29) is 15.4 Å². The molecule has 11 heteroatoms. The molecule has 1 atom stereocenters. The van der Waals surface area contributed by atoms with Crippen LogP contribution in [-0.4, -0.2) is 38.4 Å². The standard InChI is InChI=1S/C24H29N7O2S2/c1-6-16(2)11-21-27-22(17-12-18(14-25-13-17)24(3,4)5)31(29-21)19-7-9-20(10-8-19)35(32,33)30-23-28-26-15-34-23/h7-10,12-16H,6,11H2,1-5H3,(H,28,30). The molecule has 4 aromatic rings. The number of aromatic nitrogens is 6. The Bertz CT molecular complexity index is 1390. The van der Waals surface area contributed by atoms with Crippen molar-refractivity contribution in [3.63, 3.8) is 0 Å². The van der Waals surface area contributed by atoms with Gasteiger partial charge in [-0.15, -0.1) is 10.2 Å². The summed E-state index contributed by atoms with van der Waals surface area (Å²) in [6.45, 7) is 10.7. The zero-order valence-electron chi connectivity index (χ0n) is 20.4. The maximum absolute atomic E-state index is 12.7. The average molecular weight is 512 g/mol. The largest absolute Gasteiger partial charge is 0.264 e. The van der Waals surface area contributed by atoms with Gasteiger partial charge in [0.2, 0.25) is 5.13 Å². The lowest BCUT2D eigenvalue weighted by molar-refractivity contribution is 0.542. The Morgan fingerprint density at radius 2 is 1.89 bits per heavy atom. The van der Waals surface area contributed by atoms with Gasteiger partial charge in [0.25, 0.3) is 10.0 Å². The second kappa shape index (κ2) is 9.82. The summed E-state index contributed by atoms with van der Waals surface area (Å²) in [5.41, 5.74) is 4.06. The van der Waals surface area contributed by atoms with E-state index in [4.69, 9.17) is 10.1 Å². The van der Waals surface area contributed by atoms with Crippen molar-refractivity contribution in [2.75, 3.05) is 4.72 Å². The molecular formula is C24H29N7O2S2. The molecule has 1 aromatic carbocycles. The van der Waals surface area contributed by atoms with Crippen LogP contribution in [0.15, 0.2) is 53.1 Å². The number of benzene rings is 1. The molecule has 0 saturated carbocycles. The van der Waals surface area contributed by atoms with Crippen LogP contribution < -0.4 is 4.72 Å². The first kappa shape index (κ1) is 24.9. The molecule has 0 aliphatic heterocycles. The molecule has 3 aromatic heterocycles. The Hall–Kier alpha value is -3.18. The van der Waals surface area contributed by atoms with Crippen molar-refractivity contribution in [2.24, 2.45) is 5.92 Å². The van der Waals surface area contributed by atoms with Gasteiger partial charge in [-0.3, -0.25) is 9.71 Å². The second-order valence-corrected chi connectivity index (χ2v) is 12.1. The van der Waals surface area contributed by atoms with Gasteiger partial charge < -0.3 is 0 Å². The third-order valence-corrected chi connectivity index (χ3v) is 7.81. The van der Waals surface area contributed by atoms with Crippen LogP contribution in [0, 0.1) is 5.92 Å². The molecule has 4 rings (SSSR count). The topological polar surface area (TPSA) is 116 Å². The van der Waals surface area contributed by atoms with Gasteiger partial charge >= 0.3 is 0 Å². The van der Waals surface area contributed by atoms with E-state index in [1.165, 1.54) is 5.51 Å². The molecule has 0 aliphatic carbocycles. The van der Waals surface area contributed by atoms with Gasteiger partial charge in [-0.25, -0.2) is 18.1 Å². The van der Waals surface area contributed by atoms with E-state index in [1.807, 2.05) is 6.20 Å². The van der Waals surface area contributed by atoms with Gasteiger partial charge in [-0.2, -0.15) is 5.10 Å². The molecule has 0 fully saturated rings. The quantitative estimate of drug-likeness (QED) is 0.359. The lowest BCUT2D eigenvalue weighted by Crippen LogP contribution is -2.13. The SMILES string of the molecule is CCC(C)Cc1nc(-c2cncc(C(C)(C)C)c2)n(-c2ccc(S(=O)(=O)Nc3nncs3)cc2)n1. The fourth-order valence-corrected chi connectivity index (χ4v) is 5.09. The predicted molar refractivity (Wildman–Crippen MR) is 137 cm³/mol. The molecule has 0 bridgehead atoms.